The first-order valence-electron chi connectivity index (χ1n) is 18.2. The van der Waals surface area contributed by atoms with E-state index in [-0.39, 0.29) is 0 Å². The molecular formula is C51H33N3. The Balaban J connectivity index is 0.996. The summed E-state index contributed by atoms with van der Waals surface area (Å²) >= 11 is 0. The van der Waals surface area contributed by atoms with Crippen LogP contribution in [0.3, 0.4) is 0 Å². The second-order valence-corrected chi connectivity index (χ2v) is 13.7. The molecule has 0 fully saturated rings. The van der Waals surface area contributed by atoms with Crippen LogP contribution >= 0.6 is 0 Å². The Bertz CT molecular complexity index is 2950. The number of pyridine rings is 1. The standard InChI is InChI=1S/C51H33N3/c1-2-9-36(10-3-1)49-32-50(37-20-16-34(17-21-37)39-24-25-41-30-42(27-26-40(41)29-39)44-12-8-28-52-33-44)54-51(53-49)38-22-18-35(19-23-38)48-31-43-11-4-5-13-45(43)46-14-6-7-15-47(46)48/h1-33H. The molecule has 2 aromatic heterocycles. The van der Waals surface area contributed by atoms with E-state index in [4.69, 9.17) is 9.97 Å². The van der Waals surface area contributed by atoms with Crippen molar-refractivity contribution in [3.8, 4) is 67.3 Å². The van der Waals surface area contributed by atoms with E-state index in [0.29, 0.717) is 5.82 Å². The molecule has 0 N–H and O–H groups in total. The van der Waals surface area contributed by atoms with Gasteiger partial charge in [0.1, 0.15) is 0 Å². The zero-order valence-electron chi connectivity index (χ0n) is 29.4. The Kier molecular flexibility index (Phi) is 7.81. The van der Waals surface area contributed by atoms with Gasteiger partial charge in [-0.15, -0.1) is 0 Å². The van der Waals surface area contributed by atoms with Crippen LogP contribution in [0.2, 0.25) is 0 Å². The van der Waals surface area contributed by atoms with Crippen molar-refractivity contribution in [2.24, 2.45) is 0 Å². The highest BCUT2D eigenvalue weighted by Gasteiger charge is 2.13. The molecule has 0 aliphatic rings. The van der Waals surface area contributed by atoms with E-state index in [0.717, 1.165) is 39.2 Å². The molecule has 8 aromatic carbocycles. The van der Waals surface area contributed by atoms with Gasteiger partial charge in [-0.1, -0.05) is 158 Å². The van der Waals surface area contributed by atoms with Crippen LogP contribution in [-0.2, 0) is 0 Å². The van der Waals surface area contributed by atoms with Gasteiger partial charge >= 0.3 is 0 Å². The van der Waals surface area contributed by atoms with Gasteiger partial charge in [0.05, 0.1) is 11.4 Å². The Hall–Kier alpha value is -7.23. The molecule has 3 heteroatoms. The lowest BCUT2D eigenvalue weighted by Crippen LogP contribution is -1.96. The molecule has 0 saturated heterocycles. The minimum absolute atomic E-state index is 0.700. The number of hydrogen-bond acceptors (Lipinski definition) is 3. The molecular weight excluding hydrogens is 655 g/mol. The summed E-state index contributed by atoms with van der Waals surface area (Å²) in [5, 5.41) is 7.43. The van der Waals surface area contributed by atoms with Crippen molar-refractivity contribution in [3.05, 3.63) is 200 Å². The summed E-state index contributed by atoms with van der Waals surface area (Å²) in [6.07, 6.45) is 3.71. The quantitative estimate of drug-likeness (QED) is 0.163. The Morgan fingerprint density at radius 3 is 1.54 bits per heavy atom. The summed E-state index contributed by atoms with van der Waals surface area (Å²) in [4.78, 5) is 14.5. The normalized spacial score (nSPS) is 11.3. The van der Waals surface area contributed by atoms with Crippen LogP contribution in [-0.4, -0.2) is 15.0 Å². The summed E-state index contributed by atoms with van der Waals surface area (Å²) < 4.78 is 0. The lowest BCUT2D eigenvalue weighted by atomic mass is 9.93. The average molecular weight is 688 g/mol. The summed E-state index contributed by atoms with van der Waals surface area (Å²) in [7, 11) is 0. The second-order valence-electron chi connectivity index (χ2n) is 13.7. The highest BCUT2D eigenvalue weighted by Crippen LogP contribution is 2.36. The largest absolute Gasteiger partial charge is 0.264 e. The average Bonchev–Trinajstić information content (AvgIpc) is 3.26. The Morgan fingerprint density at radius 2 is 0.833 bits per heavy atom. The first-order chi connectivity index (χ1) is 26.7. The first-order valence-corrected chi connectivity index (χ1v) is 18.2. The van der Waals surface area contributed by atoms with Gasteiger partial charge in [-0.2, -0.15) is 0 Å². The molecule has 0 unspecified atom stereocenters. The highest BCUT2D eigenvalue weighted by molar-refractivity contribution is 6.13. The molecule has 0 bridgehead atoms. The van der Waals surface area contributed by atoms with Gasteiger partial charge in [0.15, 0.2) is 5.82 Å². The van der Waals surface area contributed by atoms with Crippen molar-refractivity contribution >= 4 is 32.3 Å². The smallest absolute Gasteiger partial charge is 0.160 e. The zero-order valence-corrected chi connectivity index (χ0v) is 29.4. The van der Waals surface area contributed by atoms with Crippen molar-refractivity contribution in [2.45, 2.75) is 0 Å². The minimum atomic E-state index is 0.700. The number of hydrogen-bond donors (Lipinski definition) is 0. The highest BCUT2D eigenvalue weighted by atomic mass is 14.9. The third-order valence-electron chi connectivity index (χ3n) is 10.4. The molecule has 0 aliphatic carbocycles. The third kappa shape index (κ3) is 5.88. The molecule has 10 aromatic rings. The van der Waals surface area contributed by atoms with Crippen LogP contribution in [0.4, 0.5) is 0 Å². The van der Waals surface area contributed by atoms with E-state index in [1.807, 2.05) is 18.3 Å². The zero-order chi connectivity index (χ0) is 35.8. The second kappa shape index (κ2) is 13.4. The fourth-order valence-electron chi connectivity index (χ4n) is 7.54. The van der Waals surface area contributed by atoms with Gasteiger partial charge in [-0.25, -0.2) is 9.97 Å². The maximum absolute atomic E-state index is 5.15. The van der Waals surface area contributed by atoms with Crippen LogP contribution in [0.25, 0.3) is 99.6 Å². The first kappa shape index (κ1) is 31.5. The molecule has 0 radical (unpaired) electrons. The molecule has 54 heavy (non-hydrogen) atoms. The lowest BCUT2D eigenvalue weighted by molar-refractivity contribution is 1.18. The fourth-order valence-corrected chi connectivity index (χ4v) is 7.54. The number of aromatic nitrogens is 3. The molecule has 2 heterocycles. The van der Waals surface area contributed by atoms with Gasteiger partial charge < -0.3 is 0 Å². The number of fused-ring (bicyclic) bond motifs is 4. The Labute approximate surface area is 313 Å². The van der Waals surface area contributed by atoms with Gasteiger partial charge in [0.25, 0.3) is 0 Å². The molecule has 0 spiro atoms. The van der Waals surface area contributed by atoms with Gasteiger partial charge in [-0.05, 0) is 90.5 Å². The van der Waals surface area contributed by atoms with Gasteiger partial charge in [0, 0.05) is 34.6 Å². The molecule has 0 amide bonds. The van der Waals surface area contributed by atoms with Crippen LogP contribution in [0.1, 0.15) is 0 Å². The van der Waals surface area contributed by atoms with E-state index in [2.05, 4.69) is 181 Å². The monoisotopic (exact) mass is 687 g/mol. The van der Waals surface area contributed by atoms with Crippen molar-refractivity contribution < 1.29 is 0 Å². The summed E-state index contributed by atoms with van der Waals surface area (Å²) in [6.45, 7) is 0. The van der Waals surface area contributed by atoms with E-state index in [1.54, 1.807) is 6.20 Å². The lowest BCUT2D eigenvalue weighted by Gasteiger charge is -2.12. The maximum atomic E-state index is 5.15. The van der Waals surface area contributed by atoms with Crippen molar-refractivity contribution in [1.82, 2.24) is 15.0 Å². The number of benzene rings is 8. The molecule has 0 saturated carbocycles. The van der Waals surface area contributed by atoms with E-state index < -0.39 is 0 Å². The maximum Gasteiger partial charge on any atom is 0.160 e. The molecule has 3 nitrogen and oxygen atoms in total. The van der Waals surface area contributed by atoms with E-state index in [9.17, 15) is 0 Å². The van der Waals surface area contributed by atoms with Crippen molar-refractivity contribution in [1.29, 1.82) is 0 Å². The van der Waals surface area contributed by atoms with Crippen molar-refractivity contribution in [3.63, 3.8) is 0 Å². The van der Waals surface area contributed by atoms with Crippen LogP contribution in [0.15, 0.2) is 200 Å². The van der Waals surface area contributed by atoms with Gasteiger partial charge in [-0.3, -0.25) is 4.98 Å². The molecule has 252 valence electrons. The third-order valence-corrected chi connectivity index (χ3v) is 10.4. The fraction of sp³-hybridized carbons (Fsp3) is 0. The molecule has 10 rings (SSSR count). The Morgan fingerprint density at radius 1 is 0.296 bits per heavy atom. The predicted molar refractivity (Wildman–Crippen MR) is 225 cm³/mol. The van der Waals surface area contributed by atoms with E-state index in [1.165, 1.54) is 54.6 Å². The van der Waals surface area contributed by atoms with E-state index >= 15 is 0 Å². The van der Waals surface area contributed by atoms with Crippen molar-refractivity contribution in [2.75, 3.05) is 0 Å². The van der Waals surface area contributed by atoms with Crippen LogP contribution in [0.5, 0.6) is 0 Å². The number of nitrogens with zero attached hydrogens (tertiary/aromatic N) is 3. The molecule has 0 aliphatic heterocycles. The predicted octanol–water partition coefficient (Wildman–Crippen LogP) is 13.3. The number of rotatable bonds is 6. The summed E-state index contributed by atoms with van der Waals surface area (Å²) in [6, 6.07) is 66.8. The van der Waals surface area contributed by atoms with Gasteiger partial charge in [0.2, 0.25) is 0 Å². The summed E-state index contributed by atoms with van der Waals surface area (Å²) in [5.41, 5.74) is 11.9. The topological polar surface area (TPSA) is 38.7 Å². The minimum Gasteiger partial charge on any atom is -0.264 e. The molecule has 0 atom stereocenters. The SMILES string of the molecule is c1ccc(-c2cc(-c3ccc(-c4ccc5cc(-c6cccnc6)ccc5c4)cc3)nc(-c3ccc(-c4cc5ccccc5c5ccccc45)cc3)n2)cc1. The van der Waals surface area contributed by atoms with Crippen LogP contribution < -0.4 is 0 Å². The van der Waals surface area contributed by atoms with Crippen LogP contribution in [0, 0.1) is 0 Å². The summed E-state index contributed by atoms with van der Waals surface area (Å²) in [5.74, 6) is 0.700.